The number of anilines is 1. The molecule has 1 fully saturated rings. The molecule has 7 nitrogen and oxygen atoms in total. The fourth-order valence-corrected chi connectivity index (χ4v) is 2.83. The molecular formula is C19H29N3O4. The van der Waals surface area contributed by atoms with Crippen LogP contribution in [0.1, 0.15) is 44.0 Å². The summed E-state index contributed by atoms with van der Waals surface area (Å²) in [4.78, 5) is 27.3. The minimum atomic E-state index is -0.596. The molecule has 1 aromatic carbocycles. The third-order valence-electron chi connectivity index (χ3n) is 4.43. The summed E-state index contributed by atoms with van der Waals surface area (Å²) < 4.78 is 10.6. The van der Waals surface area contributed by atoms with E-state index in [1.165, 1.54) is 14.2 Å². The number of carbonyl (C=O) groups is 2. The maximum Gasteiger partial charge on any atom is 0.256 e. The van der Waals surface area contributed by atoms with Gasteiger partial charge in [-0.2, -0.15) is 0 Å². The number of amides is 2. The quantitative estimate of drug-likeness (QED) is 0.856. The van der Waals surface area contributed by atoms with Gasteiger partial charge < -0.3 is 25.4 Å². The second-order valence-electron chi connectivity index (χ2n) is 7.61. The molecule has 7 heteroatoms. The molecule has 2 amide bonds. The van der Waals surface area contributed by atoms with E-state index in [2.05, 4.69) is 5.32 Å². The lowest BCUT2D eigenvalue weighted by Crippen LogP contribution is -2.46. The van der Waals surface area contributed by atoms with Crippen LogP contribution in [-0.4, -0.2) is 50.1 Å². The van der Waals surface area contributed by atoms with E-state index < -0.39 is 5.41 Å². The molecule has 144 valence electrons. The lowest BCUT2D eigenvalue weighted by atomic mass is 9.95. The van der Waals surface area contributed by atoms with Gasteiger partial charge in [0.25, 0.3) is 5.91 Å². The highest BCUT2D eigenvalue weighted by molar-refractivity contribution is 6.05. The molecule has 1 aromatic rings. The molecule has 0 saturated carbocycles. The number of likely N-dealkylation sites (tertiary alicyclic amines) is 1. The Morgan fingerprint density at radius 2 is 1.81 bits per heavy atom. The first-order valence-electron chi connectivity index (χ1n) is 8.79. The summed E-state index contributed by atoms with van der Waals surface area (Å²) in [6.07, 6.45) is 1.77. The van der Waals surface area contributed by atoms with Gasteiger partial charge >= 0.3 is 0 Å². The average molecular weight is 363 g/mol. The number of rotatable bonds is 4. The van der Waals surface area contributed by atoms with Crippen LogP contribution in [0.5, 0.6) is 11.5 Å². The summed E-state index contributed by atoms with van der Waals surface area (Å²) in [5.74, 6) is 0.522. The molecule has 1 saturated heterocycles. The molecular weight excluding hydrogens is 334 g/mol. The van der Waals surface area contributed by atoms with Crippen LogP contribution in [0.15, 0.2) is 12.1 Å². The molecule has 1 aliphatic heterocycles. The molecule has 0 aliphatic carbocycles. The van der Waals surface area contributed by atoms with Crippen molar-refractivity contribution in [3.05, 3.63) is 17.7 Å². The van der Waals surface area contributed by atoms with Crippen molar-refractivity contribution in [1.29, 1.82) is 0 Å². The first-order valence-corrected chi connectivity index (χ1v) is 8.79. The number of methoxy groups -OCH3 is 2. The zero-order chi connectivity index (χ0) is 19.5. The van der Waals surface area contributed by atoms with Crippen LogP contribution in [0.4, 0.5) is 5.69 Å². The largest absolute Gasteiger partial charge is 0.493 e. The second kappa shape index (κ2) is 7.95. The Morgan fingerprint density at radius 3 is 2.35 bits per heavy atom. The van der Waals surface area contributed by atoms with Gasteiger partial charge in [-0.3, -0.25) is 9.59 Å². The third kappa shape index (κ3) is 4.46. The van der Waals surface area contributed by atoms with Crippen LogP contribution in [-0.2, 0) is 4.79 Å². The van der Waals surface area contributed by atoms with Gasteiger partial charge in [-0.05, 0) is 18.9 Å². The minimum Gasteiger partial charge on any atom is -0.493 e. The van der Waals surface area contributed by atoms with E-state index in [9.17, 15) is 9.59 Å². The molecule has 26 heavy (non-hydrogen) atoms. The fourth-order valence-electron chi connectivity index (χ4n) is 2.83. The van der Waals surface area contributed by atoms with Crippen molar-refractivity contribution < 1.29 is 19.1 Å². The lowest BCUT2D eigenvalue weighted by Gasteiger charge is -2.31. The molecule has 0 spiro atoms. The van der Waals surface area contributed by atoms with Crippen molar-refractivity contribution in [1.82, 2.24) is 4.90 Å². The second-order valence-corrected chi connectivity index (χ2v) is 7.61. The monoisotopic (exact) mass is 363 g/mol. The Balaban J connectivity index is 2.44. The van der Waals surface area contributed by atoms with Crippen LogP contribution >= 0.6 is 0 Å². The van der Waals surface area contributed by atoms with Gasteiger partial charge in [0.05, 0.1) is 25.5 Å². The molecule has 1 atom stereocenters. The molecule has 1 aliphatic rings. The van der Waals surface area contributed by atoms with Crippen molar-refractivity contribution >= 4 is 17.5 Å². The van der Waals surface area contributed by atoms with Crippen LogP contribution in [0.3, 0.4) is 0 Å². The number of nitrogens with two attached hydrogens (primary N) is 1. The van der Waals surface area contributed by atoms with Crippen LogP contribution in [0, 0.1) is 5.41 Å². The van der Waals surface area contributed by atoms with Crippen LogP contribution in [0.2, 0.25) is 0 Å². The Kier molecular flexibility index (Phi) is 6.13. The van der Waals surface area contributed by atoms with E-state index in [1.54, 1.807) is 17.0 Å². The Morgan fingerprint density at radius 1 is 1.19 bits per heavy atom. The highest BCUT2D eigenvalue weighted by Crippen LogP contribution is 2.35. The summed E-state index contributed by atoms with van der Waals surface area (Å²) in [6, 6.07) is 3.21. The first kappa shape index (κ1) is 20.0. The number of hydrogen-bond acceptors (Lipinski definition) is 5. The number of benzene rings is 1. The topological polar surface area (TPSA) is 93.9 Å². The maximum absolute atomic E-state index is 13.1. The molecule has 2 rings (SSSR count). The number of nitrogens with zero attached hydrogens (tertiary/aromatic N) is 1. The summed E-state index contributed by atoms with van der Waals surface area (Å²) in [6.45, 7) is 6.59. The predicted octanol–water partition coefficient (Wildman–Crippen LogP) is 2.25. The molecule has 0 radical (unpaired) electrons. The van der Waals surface area contributed by atoms with Crippen molar-refractivity contribution in [3.8, 4) is 11.5 Å². The number of ether oxygens (including phenoxy) is 2. The summed E-state index contributed by atoms with van der Waals surface area (Å²) in [5, 5.41) is 2.85. The van der Waals surface area contributed by atoms with Crippen molar-refractivity contribution in [2.75, 3.05) is 32.6 Å². The van der Waals surface area contributed by atoms with E-state index in [-0.39, 0.29) is 17.9 Å². The van der Waals surface area contributed by atoms with Gasteiger partial charge in [0.2, 0.25) is 5.91 Å². The Labute approximate surface area is 154 Å². The van der Waals surface area contributed by atoms with Gasteiger partial charge in [-0.25, -0.2) is 0 Å². The molecule has 0 bridgehead atoms. The van der Waals surface area contributed by atoms with Gasteiger partial charge in [0.15, 0.2) is 11.5 Å². The SMILES string of the molecule is COc1cc(NC(=O)C(C)(C)C)c(C(=O)N2CCCC(N)C2)cc1OC. The van der Waals surface area contributed by atoms with Gasteiger partial charge in [0, 0.05) is 30.6 Å². The highest BCUT2D eigenvalue weighted by atomic mass is 16.5. The number of hydrogen-bond donors (Lipinski definition) is 2. The normalized spacial score (nSPS) is 17.6. The van der Waals surface area contributed by atoms with Crippen LogP contribution in [0.25, 0.3) is 0 Å². The number of nitrogens with one attached hydrogen (secondary N) is 1. The number of carbonyl (C=O) groups excluding carboxylic acids is 2. The van der Waals surface area contributed by atoms with Gasteiger partial charge in [-0.1, -0.05) is 20.8 Å². The molecule has 3 N–H and O–H groups in total. The molecule has 0 aromatic heterocycles. The Hall–Kier alpha value is -2.28. The number of piperidine rings is 1. The maximum atomic E-state index is 13.1. The first-order chi connectivity index (χ1) is 12.2. The average Bonchev–Trinajstić information content (AvgIpc) is 2.59. The zero-order valence-corrected chi connectivity index (χ0v) is 16.2. The highest BCUT2D eigenvalue weighted by Gasteiger charge is 2.28. The van der Waals surface area contributed by atoms with Gasteiger partial charge in [0.1, 0.15) is 0 Å². The van der Waals surface area contributed by atoms with E-state index in [1.807, 2.05) is 20.8 Å². The predicted molar refractivity (Wildman–Crippen MR) is 101 cm³/mol. The van der Waals surface area contributed by atoms with Crippen LogP contribution < -0.4 is 20.5 Å². The van der Waals surface area contributed by atoms with Crippen molar-refractivity contribution in [2.45, 2.75) is 39.7 Å². The van der Waals surface area contributed by atoms with E-state index in [4.69, 9.17) is 15.2 Å². The van der Waals surface area contributed by atoms with Gasteiger partial charge in [-0.15, -0.1) is 0 Å². The van der Waals surface area contributed by atoms with E-state index in [0.29, 0.717) is 35.8 Å². The standard InChI is InChI=1S/C19H29N3O4/c1-19(2,3)18(24)21-14-10-16(26-5)15(25-4)9-13(14)17(23)22-8-6-7-12(20)11-22/h9-10,12H,6-8,11,20H2,1-5H3,(H,21,24). The summed E-state index contributed by atoms with van der Waals surface area (Å²) in [7, 11) is 3.02. The molecule has 1 unspecified atom stereocenters. The summed E-state index contributed by atoms with van der Waals surface area (Å²) in [5.41, 5.74) is 6.19. The fraction of sp³-hybridized carbons (Fsp3) is 0.579. The van der Waals surface area contributed by atoms with E-state index >= 15 is 0 Å². The molecule has 1 heterocycles. The smallest absolute Gasteiger partial charge is 0.256 e. The Bertz CT molecular complexity index is 682. The summed E-state index contributed by atoms with van der Waals surface area (Å²) >= 11 is 0. The lowest BCUT2D eigenvalue weighted by molar-refractivity contribution is -0.123. The van der Waals surface area contributed by atoms with Crippen molar-refractivity contribution in [2.24, 2.45) is 11.1 Å². The van der Waals surface area contributed by atoms with Crippen molar-refractivity contribution in [3.63, 3.8) is 0 Å². The minimum absolute atomic E-state index is 0.0274. The zero-order valence-electron chi connectivity index (χ0n) is 16.2. The van der Waals surface area contributed by atoms with E-state index in [0.717, 1.165) is 12.8 Å². The third-order valence-corrected chi connectivity index (χ3v) is 4.43.